The number of ether oxygens (including phenoxy) is 1. The van der Waals surface area contributed by atoms with Gasteiger partial charge in [-0.3, -0.25) is 19.5 Å². The number of hydrogen-bond acceptors (Lipinski definition) is 5. The third-order valence-corrected chi connectivity index (χ3v) is 5.63. The van der Waals surface area contributed by atoms with Crippen LogP contribution in [0.5, 0.6) is 5.75 Å². The number of hydrogen-bond donors (Lipinski definition) is 1. The van der Waals surface area contributed by atoms with Crippen LogP contribution in [-0.4, -0.2) is 28.8 Å². The van der Waals surface area contributed by atoms with Gasteiger partial charge in [0, 0.05) is 18.1 Å². The summed E-state index contributed by atoms with van der Waals surface area (Å²) in [6.45, 7) is 4.07. The van der Waals surface area contributed by atoms with E-state index in [0.717, 1.165) is 16.7 Å². The van der Waals surface area contributed by atoms with Gasteiger partial charge in [-0.15, -0.1) is 0 Å². The van der Waals surface area contributed by atoms with Crippen molar-refractivity contribution in [2.24, 2.45) is 0 Å². The van der Waals surface area contributed by atoms with Gasteiger partial charge in [-0.05, 0) is 60.9 Å². The molecule has 1 aliphatic heterocycles. The van der Waals surface area contributed by atoms with Crippen LogP contribution < -0.4 is 10.1 Å². The van der Waals surface area contributed by atoms with Gasteiger partial charge in [0.1, 0.15) is 11.4 Å². The van der Waals surface area contributed by atoms with Crippen LogP contribution in [0, 0.1) is 13.8 Å². The molecule has 4 rings (SSSR count). The molecule has 0 fully saturated rings. The summed E-state index contributed by atoms with van der Waals surface area (Å²) in [4.78, 5) is 32.1. The highest BCUT2D eigenvalue weighted by atomic mass is 35.5. The van der Waals surface area contributed by atoms with Crippen LogP contribution in [-0.2, 0) is 16.1 Å². The van der Waals surface area contributed by atoms with Crippen molar-refractivity contribution >= 4 is 34.7 Å². The van der Waals surface area contributed by atoms with Crippen LogP contribution in [0.2, 0.25) is 5.02 Å². The Morgan fingerprint density at radius 1 is 1.00 bits per heavy atom. The third kappa shape index (κ3) is 4.09. The molecule has 0 radical (unpaired) electrons. The summed E-state index contributed by atoms with van der Waals surface area (Å²) in [6, 6.07) is 14.5. The summed E-state index contributed by atoms with van der Waals surface area (Å²) < 4.78 is 5.20. The quantitative estimate of drug-likeness (QED) is 0.552. The average molecular weight is 448 g/mol. The molecule has 0 atom stereocenters. The lowest BCUT2D eigenvalue weighted by molar-refractivity contribution is -0.137. The Balaban J connectivity index is 1.78. The first kappa shape index (κ1) is 21.6. The van der Waals surface area contributed by atoms with Gasteiger partial charge in [0.15, 0.2) is 0 Å². The third-order valence-electron chi connectivity index (χ3n) is 5.33. The highest BCUT2D eigenvalue weighted by Crippen LogP contribution is 2.35. The second-order valence-corrected chi connectivity index (χ2v) is 8.00. The Bertz CT molecular complexity index is 1240. The molecule has 0 saturated heterocycles. The lowest BCUT2D eigenvalue weighted by atomic mass is 9.97. The van der Waals surface area contributed by atoms with Gasteiger partial charge >= 0.3 is 0 Å². The van der Waals surface area contributed by atoms with Crippen LogP contribution in [0.4, 0.5) is 5.69 Å². The topological polar surface area (TPSA) is 71.5 Å². The smallest absolute Gasteiger partial charge is 0.278 e. The zero-order valence-corrected chi connectivity index (χ0v) is 18.7. The molecule has 162 valence electrons. The number of rotatable bonds is 6. The van der Waals surface area contributed by atoms with Crippen molar-refractivity contribution in [2.75, 3.05) is 12.4 Å². The Kier molecular flexibility index (Phi) is 5.97. The molecular formula is C25H22ClN3O3. The van der Waals surface area contributed by atoms with E-state index in [2.05, 4.69) is 10.3 Å². The maximum atomic E-state index is 13.5. The van der Waals surface area contributed by atoms with E-state index in [0.29, 0.717) is 27.6 Å². The average Bonchev–Trinajstić information content (AvgIpc) is 2.99. The van der Waals surface area contributed by atoms with E-state index >= 15 is 0 Å². The number of halogens is 1. The SMILES string of the molecule is COc1ccc(NC2=C(c3ccc(C)cc3C)C(=O)N(Cc3ccncc3)C2=O)cc1Cl. The van der Waals surface area contributed by atoms with E-state index in [-0.39, 0.29) is 18.1 Å². The Morgan fingerprint density at radius 3 is 2.41 bits per heavy atom. The molecule has 0 unspecified atom stereocenters. The van der Waals surface area contributed by atoms with Crippen molar-refractivity contribution in [2.45, 2.75) is 20.4 Å². The van der Waals surface area contributed by atoms with Crippen molar-refractivity contribution in [3.05, 3.63) is 93.9 Å². The second kappa shape index (κ2) is 8.85. The van der Waals surface area contributed by atoms with Crippen molar-refractivity contribution in [1.82, 2.24) is 9.88 Å². The number of aromatic nitrogens is 1. The zero-order valence-electron chi connectivity index (χ0n) is 18.0. The van der Waals surface area contributed by atoms with Crippen molar-refractivity contribution in [3.63, 3.8) is 0 Å². The largest absolute Gasteiger partial charge is 0.495 e. The molecule has 0 saturated carbocycles. The monoisotopic (exact) mass is 447 g/mol. The minimum absolute atomic E-state index is 0.156. The van der Waals surface area contributed by atoms with Crippen LogP contribution in [0.1, 0.15) is 22.3 Å². The summed E-state index contributed by atoms with van der Waals surface area (Å²) in [6.07, 6.45) is 3.27. The van der Waals surface area contributed by atoms with E-state index in [9.17, 15) is 9.59 Å². The van der Waals surface area contributed by atoms with Crippen molar-refractivity contribution in [1.29, 1.82) is 0 Å². The number of imide groups is 1. The molecule has 1 aromatic heterocycles. The van der Waals surface area contributed by atoms with Gasteiger partial charge < -0.3 is 10.1 Å². The number of benzene rings is 2. The minimum Gasteiger partial charge on any atom is -0.495 e. The number of nitrogens with zero attached hydrogens (tertiary/aromatic N) is 2. The Morgan fingerprint density at radius 2 is 1.75 bits per heavy atom. The highest BCUT2D eigenvalue weighted by Gasteiger charge is 2.39. The predicted molar refractivity (Wildman–Crippen MR) is 124 cm³/mol. The normalized spacial score (nSPS) is 13.7. The zero-order chi connectivity index (χ0) is 22.8. The van der Waals surface area contributed by atoms with Gasteiger partial charge in [0.2, 0.25) is 0 Å². The second-order valence-electron chi connectivity index (χ2n) is 7.59. The molecule has 1 N–H and O–H groups in total. The number of anilines is 1. The number of amides is 2. The molecule has 0 bridgehead atoms. The number of carbonyl (C=O) groups is 2. The molecule has 32 heavy (non-hydrogen) atoms. The van der Waals surface area contributed by atoms with E-state index in [1.165, 1.54) is 12.0 Å². The van der Waals surface area contributed by atoms with E-state index in [1.807, 2.05) is 32.0 Å². The molecule has 7 heteroatoms. The van der Waals surface area contributed by atoms with E-state index in [1.54, 1.807) is 42.7 Å². The first-order chi connectivity index (χ1) is 15.4. The standard InChI is InChI=1S/C25H22ClN3O3/c1-15-4-6-19(16(2)12-15)22-23(28-18-5-7-21(32-3)20(26)13-18)25(31)29(24(22)30)14-17-8-10-27-11-9-17/h4-13,28H,14H2,1-3H3. The maximum Gasteiger partial charge on any atom is 0.278 e. The lowest BCUT2D eigenvalue weighted by Crippen LogP contribution is -2.32. The van der Waals surface area contributed by atoms with Crippen LogP contribution in [0.3, 0.4) is 0 Å². The highest BCUT2D eigenvalue weighted by molar-refractivity contribution is 6.37. The molecule has 2 aromatic carbocycles. The molecule has 3 aromatic rings. The van der Waals surface area contributed by atoms with Crippen LogP contribution in [0.25, 0.3) is 5.57 Å². The Hall–Kier alpha value is -3.64. The lowest BCUT2D eigenvalue weighted by Gasteiger charge is -2.15. The van der Waals surface area contributed by atoms with Crippen molar-refractivity contribution in [3.8, 4) is 5.75 Å². The fourth-order valence-corrected chi connectivity index (χ4v) is 4.00. The summed E-state index contributed by atoms with van der Waals surface area (Å²) in [7, 11) is 1.53. The molecule has 6 nitrogen and oxygen atoms in total. The summed E-state index contributed by atoms with van der Waals surface area (Å²) >= 11 is 6.26. The molecule has 1 aliphatic rings. The fourth-order valence-electron chi connectivity index (χ4n) is 3.74. The number of pyridine rings is 1. The van der Waals surface area contributed by atoms with Gasteiger partial charge in [0.05, 0.1) is 24.3 Å². The van der Waals surface area contributed by atoms with E-state index < -0.39 is 5.91 Å². The molecule has 2 heterocycles. The summed E-state index contributed by atoms with van der Waals surface area (Å²) in [5.41, 5.74) is 4.67. The van der Waals surface area contributed by atoms with Crippen LogP contribution >= 0.6 is 11.6 Å². The molecular weight excluding hydrogens is 426 g/mol. The van der Waals surface area contributed by atoms with Crippen molar-refractivity contribution < 1.29 is 14.3 Å². The number of carbonyl (C=O) groups excluding carboxylic acids is 2. The predicted octanol–water partition coefficient (Wildman–Crippen LogP) is 4.75. The number of nitrogens with one attached hydrogen (secondary N) is 1. The van der Waals surface area contributed by atoms with Gasteiger partial charge in [0.25, 0.3) is 11.8 Å². The van der Waals surface area contributed by atoms with Crippen LogP contribution in [0.15, 0.2) is 66.6 Å². The van der Waals surface area contributed by atoms with Gasteiger partial charge in [-0.2, -0.15) is 0 Å². The summed E-state index contributed by atoms with van der Waals surface area (Å²) in [5, 5.41) is 3.53. The molecule has 2 amide bonds. The Labute approximate surface area is 191 Å². The molecule has 0 spiro atoms. The maximum absolute atomic E-state index is 13.5. The van der Waals surface area contributed by atoms with Gasteiger partial charge in [-0.1, -0.05) is 35.4 Å². The first-order valence-corrected chi connectivity index (χ1v) is 10.4. The fraction of sp³-hybridized carbons (Fsp3) is 0.160. The van der Waals surface area contributed by atoms with Gasteiger partial charge in [-0.25, -0.2) is 0 Å². The first-order valence-electron chi connectivity index (χ1n) is 10.1. The number of methoxy groups -OCH3 is 1. The number of aryl methyl sites for hydroxylation is 2. The van der Waals surface area contributed by atoms with E-state index in [4.69, 9.17) is 16.3 Å². The minimum atomic E-state index is -0.395. The molecule has 0 aliphatic carbocycles. The summed E-state index contributed by atoms with van der Waals surface area (Å²) in [5.74, 6) is -0.219.